The van der Waals surface area contributed by atoms with Crippen LogP contribution in [0.15, 0.2) is 86.9 Å². The number of hydrogen-bond donors (Lipinski definition) is 0. The third kappa shape index (κ3) is 4.95. The Balaban J connectivity index is 1.68. The lowest BCUT2D eigenvalue weighted by atomic mass is 10.0. The molecule has 146 valence electrons. The molecule has 0 radical (unpaired) electrons. The van der Waals surface area contributed by atoms with Gasteiger partial charge >= 0.3 is 0 Å². The Kier molecular flexibility index (Phi) is 6.45. The second-order valence-corrected chi connectivity index (χ2v) is 9.36. The highest BCUT2D eigenvalue weighted by Gasteiger charge is 2.29. The molecule has 3 aromatic carbocycles. The molecule has 1 heterocycles. The second kappa shape index (κ2) is 9.05. The van der Waals surface area contributed by atoms with E-state index in [0.29, 0.717) is 10.0 Å². The maximum absolute atomic E-state index is 6.50. The fourth-order valence-corrected chi connectivity index (χ4v) is 4.26. The Morgan fingerprint density at radius 1 is 0.862 bits per heavy atom. The van der Waals surface area contributed by atoms with Crippen molar-refractivity contribution in [3.8, 4) is 0 Å². The van der Waals surface area contributed by atoms with Crippen LogP contribution in [0.2, 0.25) is 10.0 Å². The van der Waals surface area contributed by atoms with Crippen molar-refractivity contribution in [1.82, 2.24) is 0 Å². The molecule has 0 amide bonds. The zero-order chi connectivity index (χ0) is 20.4. The van der Waals surface area contributed by atoms with Gasteiger partial charge in [0, 0.05) is 20.4 Å². The van der Waals surface area contributed by atoms with E-state index in [4.69, 9.17) is 28.3 Å². The summed E-state index contributed by atoms with van der Waals surface area (Å²) in [7, 11) is 0. The molecule has 0 unspecified atom stereocenters. The van der Waals surface area contributed by atoms with Crippen molar-refractivity contribution in [2.45, 2.75) is 12.5 Å². The second-order valence-electron chi connectivity index (χ2n) is 6.69. The standard InChI is InChI=1S/C23H16Br2Cl2N2/c24-17-6-1-15(2-7-17)3-11-20-14-23(16-4-8-18(25)9-5-16)29(28-20)22-12-10-19(26)13-21(22)27/h1-13,23H,14H2/b11-3+/t23-/m0/s1. The van der Waals surface area contributed by atoms with Crippen LogP contribution in [0.1, 0.15) is 23.6 Å². The minimum atomic E-state index is 0.0614. The Bertz CT molecular complexity index is 1080. The summed E-state index contributed by atoms with van der Waals surface area (Å²) in [6.45, 7) is 0. The van der Waals surface area contributed by atoms with Crippen LogP contribution in [0.25, 0.3) is 6.08 Å². The molecule has 6 heteroatoms. The summed E-state index contributed by atoms with van der Waals surface area (Å²) in [5.41, 5.74) is 4.14. The molecular weight excluding hydrogens is 535 g/mol. The van der Waals surface area contributed by atoms with Gasteiger partial charge in [0.1, 0.15) is 0 Å². The summed E-state index contributed by atoms with van der Waals surface area (Å²) in [5.74, 6) is 0. The van der Waals surface area contributed by atoms with E-state index < -0.39 is 0 Å². The minimum absolute atomic E-state index is 0.0614. The highest BCUT2D eigenvalue weighted by molar-refractivity contribution is 9.10. The third-order valence-electron chi connectivity index (χ3n) is 4.68. The van der Waals surface area contributed by atoms with E-state index in [1.54, 1.807) is 6.07 Å². The molecule has 0 bridgehead atoms. The Morgan fingerprint density at radius 3 is 2.17 bits per heavy atom. The van der Waals surface area contributed by atoms with Gasteiger partial charge in [0.05, 0.1) is 22.5 Å². The SMILES string of the molecule is Clc1ccc(N2N=C(/C=C/c3ccc(Br)cc3)C[C@H]2c2ccc(Br)cc2)c(Cl)c1. The van der Waals surface area contributed by atoms with Crippen LogP contribution in [0, 0.1) is 0 Å². The number of halogens is 4. The number of benzene rings is 3. The van der Waals surface area contributed by atoms with Crippen molar-refractivity contribution in [2.24, 2.45) is 5.10 Å². The van der Waals surface area contributed by atoms with Crippen molar-refractivity contribution in [3.63, 3.8) is 0 Å². The Morgan fingerprint density at radius 2 is 1.52 bits per heavy atom. The van der Waals surface area contributed by atoms with Crippen LogP contribution in [0.3, 0.4) is 0 Å². The van der Waals surface area contributed by atoms with E-state index in [9.17, 15) is 0 Å². The first-order valence-electron chi connectivity index (χ1n) is 9.00. The predicted molar refractivity (Wildman–Crippen MR) is 131 cm³/mol. The first-order valence-corrected chi connectivity index (χ1v) is 11.3. The molecule has 4 rings (SSSR count). The average Bonchev–Trinajstić information content (AvgIpc) is 3.12. The van der Waals surface area contributed by atoms with E-state index in [1.165, 1.54) is 5.56 Å². The van der Waals surface area contributed by atoms with E-state index >= 15 is 0 Å². The summed E-state index contributed by atoms with van der Waals surface area (Å²) in [5, 5.41) is 8.06. The number of rotatable bonds is 4. The zero-order valence-corrected chi connectivity index (χ0v) is 19.9. The molecule has 2 nitrogen and oxygen atoms in total. The van der Waals surface area contributed by atoms with Crippen molar-refractivity contribution in [1.29, 1.82) is 0 Å². The van der Waals surface area contributed by atoms with Gasteiger partial charge in [-0.2, -0.15) is 5.10 Å². The number of hydrazone groups is 1. The number of allylic oxidation sites excluding steroid dienone is 1. The first-order chi connectivity index (χ1) is 14.0. The molecule has 29 heavy (non-hydrogen) atoms. The molecule has 1 aliphatic heterocycles. The highest BCUT2D eigenvalue weighted by atomic mass is 79.9. The smallest absolute Gasteiger partial charge is 0.0832 e. The Hall–Kier alpha value is -1.59. The van der Waals surface area contributed by atoms with Gasteiger partial charge in [0.15, 0.2) is 0 Å². The van der Waals surface area contributed by atoms with E-state index in [0.717, 1.165) is 32.3 Å². The lowest BCUT2D eigenvalue weighted by molar-refractivity contribution is 0.709. The maximum Gasteiger partial charge on any atom is 0.0832 e. The van der Waals surface area contributed by atoms with Crippen molar-refractivity contribution in [3.05, 3.63) is 103 Å². The monoisotopic (exact) mass is 548 g/mol. The van der Waals surface area contributed by atoms with Gasteiger partial charge in [0.25, 0.3) is 0 Å². The molecule has 0 N–H and O–H groups in total. The normalized spacial score (nSPS) is 16.5. The summed E-state index contributed by atoms with van der Waals surface area (Å²) in [4.78, 5) is 0. The van der Waals surface area contributed by atoms with Crippen LogP contribution < -0.4 is 5.01 Å². The van der Waals surface area contributed by atoms with Crippen molar-refractivity contribution < 1.29 is 0 Å². The van der Waals surface area contributed by atoms with Crippen LogP contribution in [0.4, 0.5) is 5.69 Å². The largest absolute Gasteiger partial charge is 0.256 e. The topological polar surface area (TPSA) is 15.6 Å². The molecule has 0 aliphatic carbocycles. The van der Waals surface area contributed by atoms with Crippen LogP contribution in [0.5, 0.6) is 0 Å². The molecule has 1 aliphatic rings. The van der Waals surface area contributed by atoms with Crippen LogP contribution in [-0.4, -0.2) is 5.71 Å². The summed E-state index contributed by atoms with van der Waals surface area (Å²) in [6.07, 6.45) is 4.93. The van der Waals surface area contributed by atoms with Gasteiger partial charge < -0.3 is 0 Å². The molecule has 0 spiro atoms. The molecule has 1 atom stereocenters. The van der Waals surface area contributed by atoms with Crippen molar-refractivity contribution >= 4 is 72.5 Å². The lowest BCUT2D eigenvalue weighted by Crippen LogP contribution is -2.18. The predicted octanol–water partition coefficient (Wildman–Crippen LogP) is 8.54. The molecule has 0 fully saturated rings. The number of nitrogens with zero attached hydrogens (tertiary/aromatic N) is 2. The van der Waals surface area contributed by atoms with Crippen LogP contribution >= 0.6 is 55.1 Å². The van der Waals surface area contributed by atoms with Gasteiger partial charge in [-0.1, -0.05) is 85.4 Å². The fourth-order valence-electron chi connectivity index (χ4n) is 3.23. The zero-order valence-electron chi connectivity index (χ0n) is 15.2. The minimum Gasteiger partial charge on any atom is -0.256 e. The van der Waals surface area contributed by atoms with Crippen molar-refractivity contribution in [2.75, 3.05) is 5.01 Å². The summed E-state index contributed by atoms with van der Waals surface area (Å²) in [6, 6.07) is 22.1. The van der Waals surface area contributed by atoms with E-state index in [-0.39, 0.29) is 6.04 Å². The molecule has 0 aromatic heterocycles. The first kappa shape index (κ1) is 20.7. The molecule has 0 saturated heterocycles. The average molecular weight is 551 g/mol. The Labute approximate surface area is 197 Å². The molecule has 0 saturated carbocycles. The maximum atomic E-state index is 6.50. The molecule has 3 aromatic rings. The lowest BCUT2D eigenvalue weighted by Gasteiger charge is -2.25. The van der Waals surface area contributed by atoms with Gasteiger partial charge in [-0.15, -0.1) is 0 Å². The highest BCUT2D eigenvalue weighted by Crippen LogP contribution is 2.40. The summed E-state index contributed by atoms with van der Waals surface area (Å²) >= 11 is 19.6. The fraction of sp³-hybridized carbons (Fsp3) is 0.0870. The van der Waals surface area contributed by atoms with E-state index in [1.807, 2.05) is 41.4 Å². The van der Waals surface area contributed by atoms with Gasteiger partial charge in [-0.3, -0.25) is 5.01 Å². The van der Waals surface area contributed by atoms with Crippen LogP contribution in [-0.2, 0) is 0 Å². The van der Waals surface area contributed by atoms with Gasteiger partial charge in [-0.25, -0.2) is 0 Å². The third-order valence-corrected chi connectivity index (χ3v) is 6.28. The number of hydrogen-bond acceptors (Lipinski definition) is 2. The molecular formula is C23H16Br2Cl2N2. The quantitative estimate of drug-likeness (QED) is 0.318. The summed E-state index contributed by atoms with van der Waals surface area (Å²) < 4.78 is 2.11. The van der Waals surface area contributed by atoms with E-state index in [2.05, 4.69) is 68.3 Å². The van der Waals surface area contributed by atoms with Gasteiger partial charge in [-0.05, 0) is 59.7 Å². The number of anilines is 1. The van der Waals surface area contributed by atoms with Gasteiger partial charge in [0.2, 0.25) is 0 Å².